The highest BCUT2D eigenvalue weighted by molar-refractivity contribution is 5.68. The Hall–Kier alpha value is -3.19. The number of nitrogens with one attached hydrogen (secondary N) is 1. The van der Waals surface area contributed by atoms with Crippen LogP contribution in [-0.2, 0) is 16.0 Å². The van der Waals surface area contributed by atoms with E-state index in [9.17, 15) is 9.59 Å². The fourth-order valence-electron chi connectivity index (χ4n) is 7.44. The number of alkyl carbamates (subject to hydrolysis) is 1. The Bertz CT molecular complexity index is 1250. The molecule has 3 unspecified atom stereocenters. The molecule has 1 aromatic rings. The van der Waals surface area contributed by atoms with E-state index < -0.39 is 5.60 Å². The molecule has 2 saturated heterocycles. The summed E-state index contributed by atoms with van der Waals surface area (Å²) >= 11 is 0. The van der Waals surface area contributed by atoms with Gasteiger partial charge in [-0.2, -0.15) is 5.26 Å². The number of carbonyl (C=O) groups excluding carboxylic acids is 2. The van der Waals surface area contributed by atoms with Gasteiger partial charge in [0.05, 0.1) is 12.1 Å². The molecule has 5 rings (SSSR count). The molecule has 2 N–H and O–H groups in total. The summed E-state index contributed by atoms with van der Waals surface area (Å²) in [4.78, 5) is 29.8. The Kier molecular flexibility index (Phi) is 14.5. The Morgan fingerprint density at radius 2 is 1.94 bits per heavy atom. The number of hydrogen-bond acceptors (Lipinski definition) is 7. The van der Waals surface area contributed by atoms with Gasteiger partial charge in [-0.25, -0.2) is 4.79 Å². The molecule has 2 aliphatic heterocycles. The second-order valence-corrected chi connectivity index (χ2v) is 14.3. The third-order valence-electron chi connectivity index (χ3n) is 9.71. The van der Waals surface area contributed by atoms with Crippen LogP contribution in [-0.4, -0.2) is 94.9 Å². The van der Waals surface area contributed by atoms with Crippen molar-refractivity contribution >= 4 is 12.5 Å². The minimum Gasteiger partial charge on any atom is -0.444 e. The van der Waals surface area contributed by atoms with Gasteiger partial charge in [0.15, 0.2) is 0 Å². The molecule has 1 aromatic carbocycles. The first-order valence-electron chi connectivity index (χ1n) is 17.4. The molecule has 0 radical (unpaired) electrons. The predicted molar refractivity (Wildman–Crippen MR) is 188 cm³/mol. The monoisotopic (exact) mass is 649 g/mol. The molecule has 2 heterocycles. The second kappa shape index (κ2) is 17.8. The molecule has 0 spiro atoms. The number of carbonyl (C=O) groups is 2. The van der Waals surface area contributed by atoms with Crippen LogP contribution in [0.1, 0.15) is 97.2 Å². The first-order valence-corrected chi connectivity index (χ1v) is 17.4. The molecular formula is C38H59N5O4. The predicted octanol–water partition coefficient (Wildman–Crippen LogP) is 6.00. The first-order chi connectivity index (χ1) is 22.5. The fourth-order valence-corrected chi connectivity index (χ4v) is 7.44. The van der Waals surface area contributed by atoms with Crippen molar-refractivity contribution in [3.63, 3.8) is 0 Å². The molecule has 9 nitrogen and oxygen atoms in total. The average Bonchev–Trinajstić information content (AvgIpc) is 3.61. The third kappa shape index (κ3) is 10.4. The van der Waals surface area contributed by atoms with Crippen LogP contribution in [0.2, 0.25) is 0 Å². The van der Waals surface area contributed by atoms with Gasteiger partial charge in [0, 0.05) is 50.9 Å². The molecule has 2 amide bonds. The van der Waals surface area contributed by atoms with Gasteiger partial charge in [0.2, 0.25) is 6.41 Å². The lowest BCUT2D eigenvalue weighted by Crippen LogP contribution is -2.52. The van der Waals surface area contributed by atoms with Gasteiger partial charge in [-0.1, -0.05) is 55.3 Å². The van der Waals surface area contributed by atoms with E-state index in [1.54, 1.807) is 17.4 Å². The van der Waals surface area contributed by atoms with Crippen LogP contribution >= 0.6 is 0 Å². The zero-order chi connectivity index (χ0) is 34.7. The number of hydrogen-bond donors (Lipinski definition) is 2. The van der Waals surface area contributed by atoms with Crippen LogP contribution in [0, 0.1) is 17.2 Å². The normalized spacial score (nSPS) is 25.9. The largest absolute Gasteiger partial charge is 0.444 e. The van der Waals surface area contributed by atoms with Crippen molar-refractivity contribution < 1.29 is 19.4 Å². The van der Waals surface area contributed by atoms with Crippen molar-refractivity contribution in [2.75, 3.05) is 26.7 Å². The number of ether oxygens (including phenoxy) is 1. The van der Waals surface area contributed by atoms with Crippen molar-refractivity contribution in [3.05, 3.63) is 59.7 Å². The highest BCUT2D eigenvalue weighted by Gasteiger charge is 2.47. The Labute approximate surface area is 283 Å². The number of aryl methyl sites for hydroxylation is 1. The quantitative estimate of drug-likeness (QED) is 0.224. The Morgan fingerprint density at radius 3 is 2.51 bits per heavy atom. The van der Waals surface area contributed by atoms with Crippen LogP contribution in [0.25, 0.3) is 0 Å². The number of piperazine rings is 1. The van der Waals surface area contributed by atoms with Crippen molar-refractivity contribution in [1.29, 1.82) is 5.26 Å². The number of benzene rings is 1. The van der Waals surface area contributed by atoms with Gasteiger partial charge >= 0.3 is 6.09 Å². The number of aliphatic hydroxyl groups is 1. The van der Waals surface area contributed by atoms with E-state index in [-0.39, 0.29) is 18.2 Å². The molecule has 4 aliphatic rings. The molecule has 260 valence electrons. The van der Waals surface area contributed by atoms with Crippen molar-refractivity contribution in [3.8, 4) is 6.07 Å². The number of likely N-dealkylation sites (tertiary alicyclic amines) is 2. The summed E-state index contributed by atoms with van der Waals surface area (Å²) in [7, 11) is 1.00. The summed E-state index contributed by atoms with van der Waals surface area (Å²) in [5.41, 5.74) is 4.11. The number of aliphatic hydroxyl groups excluding tert-OH is 1. The molecule has 2 aliphatic carbocycles. The van der Waals surface area contributed by atoms with E-state index in [0.29, 0.717) is 30.1 Å². The molecule has 47 heavy (non-hydrogen) atoms. The van der Waals surface area contributed by atoms with Crippen LogP contribution in [0.5, 0.6) is 0 Å². The van der Waals surface area contributed by atoms with E-state index in [1.807, 2.05) is 26.8 Å². The number of amides is 2. The summed E-state index contributed by atoms with van der Waals surface area (Å²) < 4.78 is 5.43. The number of fused-ring (bicyclic) bond motifs is 3. The zero-order valence-corrected chi connectivity index (χ0v) is 29.8. The number of nitriles is 1. The van der Waals surface area contributed by atoms with Crippen molar-refractivity contribution in [1.82, 2.24) is 20.0 Å². The van der Waals surface area contributed by atoms with E-state index >= 15 is 0 Å². The first kappa shape index (κ1) is 38.3. The van der Waals surface area contributed by atoms with Gasteiger partial charge in [-0.15, -0.1) is 6.58 Å². The highest BCUT2D eigenvalue weighted by atomic mass is 16.6. The minimum atomic E-state index is -0.469. The van der Waals surface area contributed by atoms with E-state index in [1.165, 1.54) is 17.5 Å². The Balaban J connectivity index is 0.000000360. The Morgan fingerprint density at radius 1 is 1.21 bits per heavy atom. The third-order valence-corrected chi connectivity index (χ3v) is 9.71. The maximum atomic E-state index is 12.2. The van der Waals surface area contributed by atoms with Crippen molar-refractivity contribution in [2.24, 2.45) is 5.92 Å². The standard InChI is InChI=1S/C28H41N3O2.C9H14N2O.CH4O/c1-6-7-11-22-14-10-13-21-12-8-9-15-25(21)26(22)31-19-23-16-24(31)18-30(23)17-20(2)29-27(32)33-28(3,4)5;1-3-8-4-9(8)11(6-12)7(2)5-10;1-2/h6,8-9,12,14-15,20,23-24,26H,1,7,10-11,13,16-19H2,2-5H3,(H,29,32);6-9H,3-4H2,1-2H3;2H,1H3/t20?,23-,24-,26?;7-,8?,9-;/m00./s1. The summed E-state index contributed by atoms with van der Waals surface area (Å²) in [5, 5.41) is 18.6. The van der Waals surface area contributed by atoms with Crippen molar-refractivity contribution in [2.45, 2.75) is 128 Å². The van der Waals surface area contributed by atoms with E-state index in [0.717, 1.165) is 71.7 Å². The summed E-state index contributed by atoms with van der Waals surface area (Å²) in [6, 6.07) is 12.8. The number of rotatable bonds is 11. The molecule has 7 atom stereocenters. The number of allylic oxidation sites excluding steroid dienone is 2. The van der Waals surface area contributed by atoms with Crippen LogP contribution < -0.4 is 5.32 Å². The van der Waals surface area contributed by atoms with Gasteiger partial charge < -0.3 is 20.1 Å². The number of nitrogens with zero attached hydrogens (tertiary/aromatic N) is 4. The molecule has 3 fully saturated rings. The molecule has 0 aromatic heterocycles. The summed E-state index contributed by atoms with van der Waals surface area (Å²) in [6.07, 6.45) is 12.8. The summed E-state index contributed by atoms with van der Waals surface area (Å²) in [6.45, 7) is 18.6. The fraction of sp³-hybridized carbons (Fsp3) is 0.658. The maximum Gasteiger partial charge on any atom is 0.407 e. The van der Waals surface area contributed by atoms with E-state index in [4.69, 9.17) is 15.1 Å². The minimum absolute atomic E-state index is 0.0642. The van der Waals surface area contributed by atoms with Crippen LogP contribution in [0.4, 0.5) is 4.79 Å². The maximum absolute atomic E-state index is 12.2. The van der Waals surface area contributed by atoms with Crippen LogP contribution in [0.3, 0.4) is 0 Å². The zero-order valence-electron chi connectivity index (χ0n) is 29.8. The lowest BCUT2D eigenvalue weighted by molar-refractivity contribution is -0.119. The SMILES string of the molecule is C=CCCC1=CCCc2ccccc2C1N1C[C@@H]2C[C@H]1CN2CC(C)NC(=O)OC(C)(C)C.CCC1C[C@@H]1N(C=O)[C@@H](C)C#N.CO. The van der Waals surface area contributed by atoms with E-state index in [2.05, 4.69) is 72.0 Å². The van der Waals surface area contributed by atoms with Gasteiger partial charge in [-0.3, -0.25) is 14.6 Å². The van der Waals surface area contributed by atoms with Crippen LogP contribution in [0.15, 0.2) is 48.6 Å². The van der Waals surface area contributed by atoms with Gasteiger partial charge in [0.25, 0.3) is 0 Å². The average molecular weight is 650 g/mol. The molecular weight excluding hydrogens is 590 g/mol. The lowest BCUT2D eigenvalue weighted by Gasteiger charge is -2.41. The van der Waals surface area contributed by atoms with Gasteiger partial charge in [-0.05, 0) is 90.2 Å². The summed E-state index contributed by atoms with van der Waals surface area (Å²) in [5.74, 6) is 0.631. The molecule has 9 heteroatoms. The lowest BCUT2D eigenvalue weighted by atomic mass is 9.91. The highest BCUT2D eigenvalue weighted by Crippen LogP contribution is 2.44. The molecule has 2 bridgehead atoms. The smallest absolute Gasteiger partial charge is 0.407 e. The molecule has 1 saturated carbocycles. The second-order valence-electron chi connectivity index (χ2n) is 14.3. The van der Waals surface area contributed by atoms with Gasteiger partial charge in [0.1, 0.15) is 11.6 Å². The topological polar surface area (TPSA) is 109 Å².